The average molecular weight is 207 g/mol. The minimum atomic E-state index is -0.133. The molecule has 0 aliphatic carbocycles. The van der Waals surface area contributed by atoms with E-state index in [2.05, 4.69) is 19.2 Å². The van der Waals surface area contributed by atoms with E-state index in [1.54, 1.807) is 18.2 Å². The fraction of sp³-hybridized carbons (Fsp3) is 0.417. The molecule has 3 nitrogen and oxygen atoms in total. The third kappa shape index (κ3) is 3.62. The van der Waals surface area contributed by atoms with Crippen LogP contribution in [0, 0.1) is 5.92 Å². The number of nitrogens with one attached hydrogen (secondary N) is 1. The molecular formula is C12H17NO2. The number of aromatic hydroxyl groups is 1. The second-order valence-electron chi connectivity index (χ2n) is 3.77. The van der Waals surface area contributed by atoms with Crippen molar-refractivity contribution < 1.29 is 9.90 Å². The van der Waals surface area contributed by atoms with E-state index < -0.39 is 0 Å². The number of carbonyl (C=O) groups excluding carboxylic acids is 1. The van der Waals surface area contributed by atoms with Crippen LogP contribution in [0.25, 0.3) is 0 Å². The molecule has 0 spiro atoms. The van der Waals surface area contributed by atoms with Gasteiger partial charge in [-0.2, -0.15) is 0 Å². The van der Waals surface area contributed by atoms with Gasteiger partial charge in [-0.05, 0) is 24.1 Å². The monoisotopic (exact) mass is 207 g/mol. The van der Waals surface area contributed by atoms with Crippen molar-refractivity contribution in [3.8, 4) is 5.75 Å². The van der Waals surface area contributed by atoms with Crippen LogP contribution in [0.4, 0.5) is 0 Å². The van der Waals surface area contributed by atoms with Crippen molar-refractivity contribution in [1.29, 1.82) is 0 Å². The van der Waals surface area contributed by atoms with Crippen molar-refractivity contribution in [3.05, 3.63) is 29.8 Å². The first-order valence-corrected chi connectivity index (χ1v) is 5.20. The Labute approximate surface area is 90.1 Å². The summed E-state index contributed by atoms with van der Waals surface area (Å²) in [5.41, 5.74) is 0.498. The second kappa shape index (κ2) is 5.39. The van der Waals surface area contributed by atoms with Crippen LogP contribution in [0.2, 0.25) is 0 Å². The Morgan fingerprint density at radius 1 is 1.53 bits per heavy atom. The standard InChI is InChI=1S/C12H17NO2/c1-3-9(2)8-13-12(15)10-5-4-6-11(14)7-10/h4-7,9,14H,3,8H2,1-2H3,(H,13,15). The van der Waals surface area contributed by atoms with Gasteiger partial charge in [-0.15, -0.1) is 0 Å². The van der Waals surface area contributed by atoms with Crippen molar-refractivity contribution in [3.63, 3.8) is 0 Å². The highest BCUT2D eigenvalue weighted by Gasteiger charge is 2.06. The minimum absolute atomic E-state index is 0.117. The molecule has 1 amide bonds. The summed E-state index contributed by atoms with van der Waals surface area (Å²) in [5, 5.41) is 12.0. The fourth-order valence-corrected chi connectivity index (χ4v) is 1.16. The van der Waals surface area contributed by atoms with Crippen LogP contribution in [0.15, 0.2) is 24.3 Å². The average Bonchev–Trinajstić information content (AvgIpc) is 2.25. The van der Waals surface area contributed by atoms with Crippen LogP contribution in [-0.4, -0.2) is 17.6 Å². The number of amides is 1. The largest absolute Gasteiger partial charge is 0.508 e. The summed E-state index contributed by atoms with van der Waals surface area (Å²) in [6.45, 7) is 4.85. The van der Waals surface area contributed by atoms with E-state index in [0.29, 0.717) is 18.0 Å². The van der Waals surface area contributed by atoms with Crippen molar-refractivity contribution >= 4 is 5.91 Å². The Bertz CT molecular complexity index is 336. The second-order valence-corrected chi connectivity index (χ2v) is 3.77. The molecule has 3 heteroatoms. The SMILES string of the molecule is CCC(C)CNC(=O)c1cccc(O)c1. The quantitative estimate of drug-likeness (QED) is 0.795. The molecule has 82 valence electrons. The highest BCUT2D eigenvalue weighted by molar-refractivity contribution is 5.94. The van der Waals surface area contributed by atoms with Crippen LogP contribution < -0.4 is 5.32 Å². The van der Waals surface area contributed by atoms with E-state index in [0.717, 1.165) is 6.42 Å². The van der Waals surface area contributed by atoms with Crippen LogP contribution in [0.5, 0.6) is 5.75 Å². The lowest BCUT2D eigenvalue weighted by molar-refractivity contribution is 0.0947. The fourth-order valence-electron chi connectivity index (χ4n) is 1.16. The first-order valence-electron chi connectivity index (χ1n) is 5.20. The third-order valence-corrected chi connectivity index (χ3v) is 2.42. The minimum Gasteiger partial charge on any atom is -0.508 e. The number of hydrogen-bond donors (Lipinski definition) is 2. The van der Waals surface area contributed by atoms with E-state index in [4.69, 9.17) is 0 Å². The van der Waals surface area contributed by atoms with E-state index in [1.165, 1.54) is 6.07 Å². The Morgan fingerprint density at radius 2 is 2.27 bits per heavy atom. The third-order valence-electron chi connectivity index (χ3n) is 2.42. The molecule has 1 atom stereocenters. The summed E-state index contributed by atoms with van der Waals surface area (Å²) in [6, 6.07) is 6.36. The van der Waals surface area contributed by atoms with E-state index in [9.17, 15) is 9.90 Å². The van der Waals surface area contributed by atoms with Crippen LogP contribution in [0.3, 0.4) is 0 Å². The topological polar surface area (TPSA) is 49.3 Å². The normalized spacial score (nSPS) is 12.1. The number of rotatable bonds is 4. The first kappa shape index (κ1) is 11.6. The number of phenolic OH excluding ortho intramolecular Hbond substituents is 1. The maximum absolute atomic E-state index is 11.6. The molecule has 0 fully saturated rings. The van der Waals surface area contributed by atoms with Crippen molar-refractivity contribution in [1.82, 2.24) is 5.32 Å². The molecule has 0 aromatic heterocycles. The summed E-state index contributed by atoms with van der Waals surface area (Å²) in [4.78, 5) is 11.6. The first-order chi connectivity index (χ1) is 7.13. The maximum atomic E-state index is 11.6. The zero-order valence-electron chi connectivity index (χ0n) is 9.16. The molecule has 2 N–H and O–H groups in total. The molecule has 0 bridgehead atoms. The zero-order chi connectivity index (χ0) is 11.3. The van der Waals surface area contributed by atoms with Gasteiger partial charge in [0.2, 0.25) is 0 Å². The lowest BCUT2D eigenvalue weighted by atomic mass is 10.1. The Hall–Kier alpha value is -1.51. The lowest BCUT2D eigenvalue weighted by Crippen LogP contribution is -2.27. The smallest absolute Gasteiger partial charge is 0.251 e. The maximum Gasteiger partial charge on any atom is 0.251 e. The predicted octanol–water partition coefficient (Wildman–Crippen LogP) is 2.17. The summed E-state index contributed by atoms with van der Waals surface area (Å²) in [6.07, 6.45) is 1.04. The molecule has 0 radical (unpaired) electrons. The summed E-state index contributed by atoms with van der Waals surface area (Å²) in [7, 11) is 0. The lowest BCUT2D eigenvalue weighted by Gasteiger charge is -2.10. The molecule has 0 saturated heterocycles. The Kier molecular flexibility index (Phi) is 4.16. The number of benzene rings is 1. The molecule has 1 rings (SSSR count). The highest BCUT2D eigenvalue weighted by Crippen LogP contribution is 2.10. The predicted molar refractivity (Wildman–Crippen MR) is 59.9 cm³/mol. The molecule has 15 heavy (non-hydrogen) atoms. The molecule has 0 heterocycles. The van der Waals surface area contributed by atoms with Crippen molar-refractivity contribution in [2.24, 2.45) is 5.92 Å². The van der Waals surface area contributed by atoms with Gasteiger partial charge in [0.1, 0.15) is 5.75 Å². The van der Waals surface area contributed by atoms with Gasteiger partial charge in [0.05, 0.1) is 0 Å². The van der Waals surface area contributed by atoms with Crippen molar-refractivity contribution in [2.75, 3.05) is 6.54 Å². The van der Waals surface area contributed by atoms with Crippen molar-refractivity contribution in [2.45, 2.75) is 20.3 Å². The van der Waals surface area contributed by atoms with Gasteiger partial charge in [0.25, 0.3) is 5.91 Å². The Balaban J connectivity index is 2.54. The van der Waals surface area contributed by atoms with Crippen LogP contribution >= 0.6 is 0 Å². The van der Waals surface area contributed by atoms with Gasteiger partial charge in [0.15, 0.2) is 0 Å². The summed E-state index contributed by atoms with van der Waals surface area (Å²) in [5.74, 6) is 0.462. The molecular weight excluding hydrogens is 190 g/mol. The Morgan fingerprint density at radius 3 is 2.87 bits per heavy atom. The highest BCUT2D eigenvalue weighted by atomic mass is 16.3. The molecule has 0 aliphatic rings. The van der Waals surface area contributed by atoms with Gasteiger partial charge in [0, 0.05) is 12.1 Å². The van der Waals surface area contributed by atoms with Gasteiger partial charge < -0.3 is 10.4 Å². The number of phenols is 1. The molecule has 1 unspecified atom stereocenters. The van der Waals surface area contributed by atoms with Crippen LogP contribution in [-0.2, 0) is 0 Å². The summed E-state index contributed by atoms with van der Waals surface area (Å²) >= 11 is 0. The molecule has 1 aromatic carbocycles. The van der Waals surface area contributed by atoms with Crippen LogP contribution in [0.1, 0.15) is 30.6 Å². The van der Waals surface area contributed by atoms with Gasteiger partial charge in [-0.1, -0.05) is 26.3 Å². The summed E-state index contributed by atoms with van der Waals surface area (Å²) < 4.78 is 0. The van der Waals surface area contributed by atoms with Gasteiger partial charge >= 0.3 is 0 Å². The molecule has 1 aromatic rings. The molecule has 0 aliphatic heterocycles. The zero-order valence-corrected chi connectivity index (χ0v) is 9.16. The molecule has 0 saturated carbocycles. The van der Waals surface area contributed by atoms with Gasteiger partial charge in [-0.25, -0.2) is 0 Å². The number of hydrogen-bond acceptors (Lipinski definition) is 2. The van der Waals surface area contributed by atoms with E-state index in [-0.39, 0.29) is 11.7 Å². The number of carbonyl (C=O) groups is 1. The van der Waals surface area contributed by atoms with E-state index in [1.807, 2.05) is 0 Å². The van der Waals surface area contributed by atoms with E-state index >= 15 is 0 Å². The van der Waals surface area contributed by atoms with Gasteiger partial charge in [-0.3, -0.25) is 4.79 Å².